The van der Waals surface area contributed by atoms with E-state index in [0.29, 0.717) is 5.56 Å². The number of hydrogen-bond acceptors (Lipinski definition) is 4. The van der Waals surface area contributed by atoms with E-state index in [-0.39, 0.29) is 12.1 Å². The Labute approximate surface area is 157 Å². The second-order valence-corrected chi connectivity index (χ2v) is 7.45. The Morgan fingerprint density at radius 1 is 1.00 bits per heavy atom. The van der Waals surface area contributed by atoms with E-state index in [1.54, 1.807) is 11.3 Å². The smallest absolute Gasteiger partial charge is 0.338 e. The lowest BCUT2D eigenvalue weighted by Crippen LogP contribution is -2.40. The van der Waals surface area contributed by atoms with Gasteiger partial charge in [-0.1, -0.05) is 36.4 Å². The van der Waals surface area contributed by atoms with Crippen LogP contribution in [0, 0.1) is 0 Å². The molecule has 3 aromatic rings. The maximum absolute atomic E-state index is 12.5. The number of esters is 1. The molecule has 1 aliphatic heterocycles. The molecule has 132 valence electrons. The lowest BCUT2D eigenvalue weighted by Gasteiger charge is -2.34. The first-order chi connectivity index (χ1) is 12.8. The number of anilines is 1. The molecule has 0 N–H and O–H groups in total. The van der Waals surface area contributed by atoms with E-state index >= 15 is 0 Å². The molecular formula is C22H21NO2S. The number of nitrogens with zero attached hydrogens (tertiary/aromatic N) is 1. The highest BCUT2D eigenvalue weighted by Gasteiger charge is 2.23. The molecule has 4 heteroatoms. The molecule has 1 saturated heterocycles. The molecule has 1 unspecified atom stereocenters. The van der Waals surface area contributed by atoms with E-state index in [0.717, 1.165) is 31.5 Å². The summed E-state index contributed by atoms with van der Waals surface area (Å²) in [5.41, 5.74) is 2.93. The van der Waals surface area contributed by atoms with Crippen LogP contribution in [0.25, 0.3) is 10.4 Å². The van der Waals surface area contributed by atoms with Crippen molar-refractivity contribution in [1.29, 1.82) is 0 Å². The maximum atomic E-state index is 12.5. The Morgan fingerprint density at radius 3 is 2.54 bits per heavy atom. The largest absolute Gasteiger partial charge is 0.457 e. The van der Waals surface area contributed by atoms with Crippen LogP contribution in [0.2, 0.25) is 0 Å². The average molecular weight is 363 g/mol. The number of thiophene rings is 1. The molecule has 0 bridgehead atoms. The molecule has 0 saturated carbocycles. The zero-order valence-corrected chi connectivity index (χ0v) is 15.3. The minimum atomic E-state index is -0.234. The molecule has 0 spiro atoms. The normalized spacial score (nSPS) is 17.1. The summed E-state index contributed by atoms with van der Waals surface area (Å²) in [6.07, 6.45) is 1.89. The molecule has 3 nitrogen and oxygen atoms in total. The van der Waals surface area contributed by atoms with Crippen molar-refractivity contribution in [2.75, 3.05) is 18.0 Å². The molecule has 0 aliphatic carbocycles. The molecule has 2 heterocycles. The van der Waals surface area contributed by atoms with Gasteiger partial charge in [0.2, 0.25) is 0 Å². The van der Waals surface area contributed by atoms with Crippen LogP contribution in [0.5, 0.6) is 0 Å². The summed E-state index contributed by atoms with van der Waals surface area (Å²) in [6, 6.07) is 22.1. The van der Waals surface area contributed by atoms with Crippen molar-refractivity contribution in [1.82, 2.24) is 0 Å². The topological polar surface area (TPSA) is 29.5 Å². The standard InChI is InChI=1S/C22H21NO2S/c24-22(18-12-10-17(11-13-18)21-9-5-15-26-21)25-20-8-4-14-23(16-20)19-6-2-1-3-7-19/h1-3,5-7,9-13,15,20H,4,8,14,16H2. The number of carbonyl (C=O) groups excluding carboxylic acids is 1. The molecule has 1 aromatic heterocycles. The highest BCUT2D eigenvalue weighted by Crippen LogP contribution is 2.25. The molecule has 26 heavy (non-hydrogen) atoms. The van der Waals surface area contributed by atoms with Crippen molar-refractivity contribution in [2.24, 2.45) is 0 Å². The summed E-state index contributed by atoms with van der Waals surface area (Å²) >= 11 is 1.70. The number of piperidine rings is 1. The number of para-hydroxylation sites is 1. The van der Waals surface area contributed by atoms with Crippen LogP contribution >= 0.6 is 11.3 Å². The lowest BCUT2D eigenvalue weighted by molar-refractivity contribution is 0.0270. The van der Waals surface area contributed by atoms with Crippen molar-refractivity contribution in [3.05, 3.63) is 77.7 Å². The van der Waals surface area contributed by atoms with Crippen LogP contribution in [0.1, 0.15) is 23.2 Å². The van der Waals surface area contributed by atoms with Crippen LogP contribution in [0.4, 0.5) is 5.69 Å². The molecule has 0 radical (unpaired) electrons. The molecule has 4 rings (SSSR count). The van der Waals surface area contributed by atoms with Crippen molar-refractivity contribution in [3.8, 4) is 10.4 Å². The summed E-state index contributed by atoms with van der Waals surface area (Å²) in [5.74, 6) is -0.234. The Balaban J connectivity index is 1.39. The van der Waals surface area contributed by atoms with Crippen LogP contribution in [-0.2, 0) is 4.74 Å². The van der Waals surface area contributed by atoms with Crippen molar-refractivity contribution >= 4 is 23.0 Å². The van der Waals surface area contributed by atoms with Crippen molar-refractivity contribution in [2.45, 2.75) is 18.9 Å². The first-order valence-electron chi connectivity index (χ1n) is 8.94. The van der Waals surface area contributed by atoms with Crippen molar-refractivity contribution in [3.63, 3.8) is 0 Å². The van der Waals surface area contributed by atoms with Crippen LogP contribution < -0.4 is 4.90 Å². The van der Waals surface area contributed by atoms with Gasteiger partial charge in [0, 0.05) is 17.1 Å². The SMILES string of the molecule is O=C(OC1CCCN(c2ccccc2)C1)c1ccc(-c2cccs2)cc1. The summed E-state index contributed by atoms with van der Waals surface area (Å²) in [5, 5.41) is 2.05. The van der Waals surface area contributed by atoms with Gasteiger partial charge >= 0.3 is 5.97 Å². The van der Waals surface area contributed by atoms with E-state index < -0.39 is 0 Å². The Morgan fingerprint density at radius 2 is 1.81 bits per heavy atom. The fourth-order valence-electron chi connectivity index (χ4n) is 3.34. The van der Waals surface area contributed by atoms with E-state index in [9.17, 15) is 4.79 Å². The van der Waals surface area contributed by atoms with Crippen LogP contribution in [-0.4, -0.2) is 25.2 Å². The molecule has 2 aromatic carbocycles. The third-order valence-electron chi connectivity index (χ3n) is 4.70. The van der Waals surface area contributed by atoms with E-state index in [2.05, 4.69) is 28.5 Å². The number of hydrogen-bond donors (Lipinski definition) is 0. The van der Waals surface area contributed by atoms with Gasteiger partial charge in [0.05, 0.1) is 12.1 Å². The van der Waals surface area contributed by atoms with Crippen LogP contribution in [0.3, 0.4) is 0 Å². The second-order valence-electron chi connectivity index (χ2n) is 6.51. The van der Waals surface area contributed by atoms with Gasteiger partial charge in [0.25, 0.3) is 0 Å². The van der Waals surface area contributed by atoms with Crippen molar-refractivity contribution < 1.29 is 9.53 Å². The fraction of sp³-hybridized carbons (Fsp3) is 0.227. The molecule has 1 aliphatic rings. The average Bonchev–Trinajstić information content (AvgIpc) is 3.24. The van der Waals surface area contributed by atoms with E-state index in [1.165, 1.54) is 10.6 Å². The van der Waals surface area contributed by atoms with Gasteiger partial charge < -0.3 is 9.64 Å². The third kappa shape index (κ3) is 3.81. The van der Waals surface area contributed by atoms with E-state index in [4.69, 9.17) is 4.74 Å². The summed E-state index contributed by atoms with van der Waals surface area (Å²) in [6.45, 7) is 1.76. The monoisotopic (exact) mass is 363 g/mol. The van der Waals surface area contributed by atoms with Gasteiger partial charge in [-0.2, -0.15) is 0 Å². The van der Waals surface area contributed by atoms with Gasteiger partial charge in [0.1, 0.15) is 6.10 Å². The van der Waals surface area contributed by atoms with Gasteiger partial charge in [-0.3, -0.25) is 0 Å². The fourth-order valence-corrected chi connectivity index (χ4v) is 4.07. The minimum Gasteiger partial charge on any atom is -0.457 e. The summed E-state index contributed by atoms with van der Waals surface area (Å²) in [4.78, 5) is 16.0. The number of carbonyl (C=O) groups is 1. The Bertz CT molecular complexity index is 844. The number of rotatable bonds is 4. The van der Waals surface area contributed by atoms with Crippen LogP contribution in [0.15, 0.2) is 72.1 Å². The number of benzene rings is 2. The molecule has 0 amide bonds. The predicted octanol–water partition coefficient (Wildman–Crippen LogP) is 5.24. The van der Waals surface area contributed by atoms with Gasteiger partial charge in [-0.15, -0.1) is 11.3 Å². The lowest BCUT2D eigenvalue weighted by atomic mass is 10.1. The quantitative estimate of drug-likeness (QED) is 0.594. The Hall–Kier alpha value is -2.59. The first-order valence-corrected chi connectivity index (χ1v) is 9.82. The maximum Gasteiger partial charge on any atom is 0.338 e. The Kier molecular flexibility index (Phi) is 5.02. The van der Waals surface area contributed by atoms with Gasteiger partial charge in [0.15, 0.2) is 0 Å². The second kappa shape index (κ2) is 7.75. The van der Waals surface area contributed by atoms with Gasteiger partial charge in [-0.25, -0.2) is 4.79 Å². The highest BCUT2D eigenvalue weighted by atomic mass is 32.1. The molecule has 1 atom stereocenters. The number of ether oxygens (including phenoxy) is 1. The minimum absolute atomic E-state index is 0.0616. The zero-order valence-electron chi connectivity index (χ0n) is 14.5. The first kappa shape index (κ1) is 16.9. The predicted molar refractivity (Wildman–Crippen MR) is 107 cm³/mol. The summed E-state index contributed by atoms with van der Waals surface area (Å²) in [7, 11) is 0. The molecule has 1 fully saturated rings. The third-order valence-corrected chi connectivity index (χ3v) is 5.62. The van der Waals surface area contributed by atoms with E-state index in [1.807, 2.05) is 48.5 Å². The molecular weight excluding hydrogens is 342 g/mol. The highest BCUT2D eigenvalue weighted by molar-refractivity contribution is 7.13. The zero-order chi connectivity index (χ0) is 17.8. The van der Waals surface area contributed by atoms with Gasteiger partial charge in [-0.05, 0) is 54.1 Å². The summed E-state index contributed by atoms with van der Waals surface area (Å²) < 4.78 is 5.78.